The molecule has 3 rings (SSSR count). The quantitative estimate of drug-likeness (QED) is 0.520. The van der Waals surface area contributed by atoms with Crippen molar-refractivity contribution in [2.75, 3.05) is 39.9 Å². The number of hydrogen-bond donors (Lipinski definition) is 1. The first-order chi connectivity index (χ1) is 14.1. The fraction of sp³-hybridized carbons (Fsp3) is 0.348. The third-order valence-corrected chi connectivity index (χ3v) is 4.70. The van der Waals surface area contributed by atoms with Gasteiger partial charge in [0.05, 0.1) is 0 Å². The normalized spacial score (nSPS) is 13.1. The van der Waals surface area contributed by atoms with Crippen LogP contribution in [0.4, 0.5) is 4.39 Å². The zero-order valence-electron chi connectivity index (χ0n) is 16.7. The van der Waals surface area contributed by atoms with Gasteiger partial charge in [0.15, 0.2) is 11.5 Å². The summed E-state index contributed by atoms with van der Waals surface area (Å²) in [7, 11) is 2.08. The Labute approximate surface area is 171 Å². The molecule has 1 N–H and O–H groups in total. The smallest absolute Gasteiger partial charge is 0.243 e. The van der Waals surface area contributed by atoms with Crippen LogP contribution in [-0.4, -0.2) is 50.7 Å². The summed E-state index contributed by atoms with van der Waals surface area (Å²) in [5.41, 5.74) is 2.01. The zero-order valence-corrected chi connectivity index (χ0v) is 16.7. The second-order valence-electron chi connectivity index (χ2n) is 7.06. The monoisotopic (exact) mass is 398 g/mol. The Morgan fingerprint density at radius 2 is 1.86 bits per heavy atom. The molecule has 0 atom stereocenters. The molecule has 1 amide bonds. The van der Waals surface area contributed by atoms with Gasteiger partial charge in [-0.05, 0) is 67.9 Å². The van der Waals surface area contributed by atoms with E-state index in [1.807, 2.05) is 6.07 Å². The Morgan fingerprint density at radius 3 is 2.66 bits per heavy atom. The molecule has 2 aromatic carbocycles. The molecular formula is C23H27FN2O3. The first-order valence-electron chi connectivity index (χ1n) is 9.89. The third-order valence-electron chi connectivity index (χ3n) is 4.70. The molecule has 154 valence electrons. The molecule has 0 radical (unpaired) electrons. The fourth-order valence-electron chi connectivity index (χ4n) is 3.04. The number of rotatable bonds is 9. The number of hydrogen-bond acceptors (Lipinski definition) is 4. The number of fused-ring (bicyclic) bond motifs is 1. The van der Waals surface area contributed by atoms with Crippen molar-refractivity contribution in [1.82, 2.24) is 10.2 Å². The average molecular weight is 398 g/mol. The van der Waals surface area contributed by atoms with E-state index in [1.165, 1.54) is 23.8 Å². The van der Waals surface area contributed by atoms with Gasteiger partial charge < -0.3 is 19.7 Å². The lowest BCUT2D eigenvalue weighted by molar-refractivity contribution is -0.116. The molecule has 0 aromatic heterocycles. The highest BCUT2D eigenvalue weighted by Crippen LogP contribution is 2.30. The van der Waals surface area contributed by atoms with Crippen LogP contribution >= 0.6 is 0 Å². The molecule has 6 heteroatoms. The van der Waals surface area contributed by atoms with Crippen LogP contribution in [0.1, 0.15) is 17.5 Å². The predicted molar refractivity (Wildman–Crippen MR) is 112 cm³/mol. The average Bonchev–Trinajstić information content (AvgIpc) is 2.74. The van der Waals surface area contributed by atoms with Crippen molar-refractivity contribution in [3.8, 4) is 11.5 Å². The fourth-order valence-corrected chi connectivity index (χ4v) is 3.04. The van der Waals surface area contributed by atoms with Crippen LogP contribution in [-0.2, 0) is 11.2 Å². The Kier molecular flexibility index (Phi) is 7.64. The second kappa shape index (κ2) is 10.6. The van der Waals surface area contributed by atoms with Gasteiger partial charge >= 0.3 is 0 Å². The lowest BCUT2D eigenvalue weighted by atomic mass is 10.1. The predicted octanol–water partition coefficient (Wildman–Crippen LogP) is 3.29. The van der Waals surface area contributed by atoms with Crippen LogP contribution in [0.15, 0.2) is 48.5 Å². The number of nitrogens with one attached hydrogen (secondary N) is 1. The molecule has 0 saturated heterocycles. The Hall–Kier alpha value is -2.86. The van der Waals surface area contributed by atoms with Crippen molar-refractivity contribution in [3.63, 3.8) is 0 Å². The maximum Gasteiger partial charge on any atom is 0.243 e. The number of halogens is 1. The minimum atomic E-state index is -0.287. The van der Waals surface area contributed by atoms with Gasteiger partial charge in [0.2, 0.25) is 5.91 Å². The molecule has 5 nitrogen and oxygen atoms in total. The molecule has 1 aliphatic heterocycles. The number of benzene rings is 2. The van der Waals surface area contributed by atoms with E-state index in [4.69, 9.17) is 9.47 Å². The van der Waals surface area contributed by atoms with Crippen LogP contribution in [0.3, 0.4) is 0 Å². The van der Waals surface area contributed by atoms with Crippen molar-refractivity contribution in [1.29, 1.82) is 0 Å². The van der Waals surface area contributed by atoms with Crippen LogP contribution in [0, 0.1) is 5.82 Å². The van der Waals surface area contributed by atoms with Crippen molar-refractivity contribution in [2.24, 2.45) is 0 Å². The number of nitrogens with zero attached hydrogens (tertiary/aromatic N) is 1. The summed E-state index contributed by atoms with van der Waals surface area (Å²) in [6, 6.07) is 12.1. The van der Waals surface area contributed by atoms with E-state index in [0.29, 0.717) is 19.8 Å². The minimum Gasteiger partial charge on any atom is -0.486 e. The van der Waals surface area contributed by atoms with Crippen LogP contribution in [0.5, 0.6) is 11.5 Å². The molecule has 0 spiro atoms. The summed E-state index contributed by atoms with van der Waals surface area (Å²) in [6.07, 6.45) is 4.95. The Morgan fingerprint density at radius 1 is 1.10 bits per heavy atom. The summed E-state index contributed by atoms with van der Waals surface area (Å²) in [6.45, 7) is 3.64. The summed E-state index contributed by atoms with van der Waals surface area (Å²) in [5.74, 6) is 1.21. The van der Waals surface area contributed by atoms with Crippen LogP contribution in [0.25, 0.3) is 6.08 Å². The van der Waals surface area contributed by atoms with Gasteiger partial charge in [0.1, 0.15) is 19.0 Å². The van der Waals surface area contributed by atoms with Gasteiger partial charge in [0, 0.05) is 19.2 Å². The van der Waals surface area contributed by atoms with E-state index >= 15 is 0 Å². The highest BCUT2D eigenvalue weighted by atomic mass is 19.1. The van der Waals surface area contributed by atoms with Gasteiger partial charge in [-0.25, -0.2) is 4.39 Å². The summed E-state index contributed by atoms with van der Waals surface area (Å²) >= 11 is 0. The SMILES string of the molecule is CN(CCCNC(=O)C=Cc1ccc(F)cc1)CCc1ccc2c(c1)OCCO2. The number of likely N-dealkylation sites (N-methyl/N-ethyl adjacent to an activating group) is 1. The summed E-state index contributed by atoms with van der Waals surface area (Å²) in [4.78, 5) is 14.1. The van der Waals surface area contributed by atoms with Gasteiger partial charge in [-0.1, -0.05) is 18.2 Å². The molecule has 0 aliphatic carbocycles. The number of ether oxygens (including phenoxy) is 2. The minimum absolute atomic E-state index is 0.145. The molecule has 1 heterocycles. The first-order valence-corrected chi connectivity index (χ1v) is 9.89. The summed E-state index contributed by atoms with van der Waals surface area (Å²) < 4.78 is 24.0. The zero-order chi connectivity index (χ0) is 20.5. The van der Waals surface area contributed by atoms with Crippen molar-refractivity contribution >= 4 is 12.0 Å². The molecule has 1 aliphatic rings. The van der Waals surface area contributed by atoms with Crippen LogP contribution in [0.2, 0.25) is 0 Å². The van der Waals surface area contributed by atoms with E-state index in [2.05, 4.69) is 29.4 Å². The number of carbonyl (C=O) groups is 1. The molecule has 0 saturated carbocycles. The van der Waals surface area contributed by atoms with Gasteiger partial charge in [0.25, 0.3) is 0 Å². The highest BCUT2D eigenvalue weighted by molar-refractivity contribution is 5.91. The molecule has 2 aromatic rings. The van der Waals surface area contributed by atoms with Crippen molar-refractivity contribution in [3.05, 3.63) is 65.5 Å². The maximum atomic E-state index is 12.9. The third kappa shape index (κ3) is 6.91. The molecule has 0 unspecified atom stereocenters. The van der Waals surface area contributed by atoms with E-state index in [9.17, 15) is 9.18 Å². The Balaban J connectivity index is 1.31. The Bertz CT molecular complexity index is 837. The van der Waals surface area contributed by atoms with E-state index in [0.717, 1.165) is 43.0 Å². The van der Waals surface area contributed by atoms with Crippen molar-refractivity contribution < 1.29 is 18.7 Å². The van der Waals surface area contributed by atoms with E-state index < -0.39 is 0 Å². The summed E-state index contributed by atoms with van der Waals surface area (Å²) in [5, 5.41) is 2.87. The standard InChI is InChI=1S/C23H27FN2O3/c1-26(14-11-19-5-9-21-22(17-19)29-16-15-28-21)13-2-12-25-23(27)10-6-18-3-7-20(24)8-4-18/h3-10,17H,2,11-16H2,1H3,(H,25,27). The largest absolute Gasteiger partial charge is 0.486 e. The molecule has 0 fully saturated rings. The van der Waals surface area contributed by atoms with E-state index in [1.54, 1.807) is 18.2 Å². The number of carbonyl (C=O) groups excluding carboxylic acids is 1. The van der Waals surface area contributed by atoms with Crippen LogP contribution < -0.4 is 14.8 Å². The first kappa shape index (κ1) is 20.9. The maximum absolute atomic E-state index is 12.9. The van der Waals surface area contributed by atoms with Gasteiger partial charge in [-0.3, -0.25) is 4.79 Å². The lowest BCUT2D eigenvalue weighted by Crippen LogP contribution is -2.28. The topological polar surface area (TPSA) is 50.8 Å². The van der Waals surface area contributed by atoms with Gasteiger partial charge in [-0.15, -0.1) is 0 Å². The molecule has 29 heavy (non-hydrogen) atoms. The van der Waals surface area contributed by atoms with Gasteiger partial charge in [-0.2, -0.15) is 0 Å². The molecule has 0 bridgehead atoms. The number of amides is 1. The van der Waals surface area contributed by atoms with Crippen molar-refractivity contribution in [2.45, 2.75) is 12.8 Å². The highest BCUT2D eigenvalue weighted by Gasteiger charge is 2.11. The second-order valence-corrected chi connectivity index (χ2v) is 7.06. The lowest BCUT2D eigenvalue weighted by Gasteiger charge is -2.20. The van der Waals surface area contributed by atoms with E-state index in [-0.39, 0.29) is 11.7 Å². The molecular weight excluding hydrogens is 371 g/mol.